The quantitative estimate of drug-likeness (QED) is 0.851. The number of hydrogen-bond acceptors (Lipinski definition) is 3. The molecule has 3 rings (SSSR count). The molecule has 0 aliphatic carbocycles. The molecule has 4 nitrogen and oxygen atoms in total. The molecule has 1 aliphatic heterocycles. The van der Waals surface area contributed by atoms with E-state index in [0.717, 1.165) is 29.9 Å². The molecular weight excluding hydrogens is 212 g/mol. The fraction of sp³-hybridized carbons (Fsp3) is 0.385. The molecule has 2 aromatic heterocycles. The number of rotatable bonds is 2. The van der Waals surface area contributed by atoms with Crippen LogP contribution in [0.4, 0.5) is 0 Å². The van der Waals surface area contributed by atoms with E-state index in [1.165, 1.54) is 18.5 Å². The van der Waals surface area contributed by atoms with Crippen LogP contribution in [0.25, 0.3) is 11.3 Å². The lowest BCUT2D eigenvalue weighted by atomic mass is 10.0. The monoisotopic (exact) mass is 228 g/mol. The summed E-state index contributed by atoms with van der Waals surface area (Å²) in [6, 6.07) is 5.97. The highest BCUT2D eigenvalue weighted by Crippen LogP contribution is 2.29. The maximum Gasteiger partial charge on any atom is 0.0857 e. The molecule has 1 aliphatic rings. The summed E-state index contributed by atoms with van der Waals surface area (Å²) in [5.41, 5.74) is 10.2. The third-order valence-electron chi connectivity index (χ3n) is 3.28. The summed E-state index contributed by atoms with van der Waals surface area (Å²) < 4.78 is 2.11. The molecule has 17 heavy (non-hydrogen) atoms. The lowest BCUT2D eigenvalue weighted by molar-refractivity contribution is 0.484. The highest BCUT2D eigenvalue weighted by atomic mass is 15.3. The van der Waals surface area contributed by atoms with Crippen LogP contribution < -0.4 is 5.73 Å². The predicted molar refractivity (Wildman–Crippen MR) is 66.3 cm³/mol. The summed E-state index contributed by atoms with van der Waals surface area (Å²) in [6.45, 7) is 1.49. The number of aromatic nitrogens is 3. The molecule has 0 bridgehead atoms. The molecule has 0 unspecified atom stereocenters. The van der Waals surface area contributed by atoms with Crippen molar-refractivity contribution >= 4 is 0 Å². The summed E-state index contributed by atoms with van der Waals surface area (Å²) in [6.07, 6.45) is 5.34. The van der Waals surface area contributed by atoms with Gasteiger partial charge in [0.1, 0.15) is 0 Å². The Kier molecular flexibility index (Phi) is 2.65. The SMILES string of the molecule is NCc1nn2c(c1-c1ccccn1)CCCC2. The van der Waals surface area contributed by atoms with Gasteiger partial charge in [-0.05, 0) is 31.4 Å². The number of fused-ring (bicyclic) bond motifs is 1. The minimum atomic E-state index is 0.478. The summed E-state index contributed by atoms with van der Waals surface area (Å²) in [7, 11) is 0. The Morgan fingerprint density at radius 2 is 2.24 bits per heavy atom. The van der Waals surface area contributed by atoms with Gasteiger partial charge in [0, 0.05) is 30.5 Å². The van der Waals surface area contributed by atoms with Crippen LogP contribution in [-0.4, -0.2) is 14.8 Å². The third-order valence-corrected chi connectivity index (χ3v) is 3.28. The molecule has 0 spiro atoms. The molecule has 4 heteroatoms. The van der Waals surface area contributed by atoms with Gasteiger partial charge in [0.05, 0.1) is 11.4 Å². The second-order valence-electron chi connectivity index (χ2n) is 4.37. The fourth-order valence-electron chi connectivity index (χ4n) is 2.49. The molecule has 0 fully saturated rings. The zero-order valence-electron chi connectivity index (χ0n) is 9.76. The average Bonchev–Trinajstić information content (AvgIpc) is 2.78. The zero-order chi connectivity index (χ0) is 11.7. The van der Waals surface area contributed by atoms with E-state index in [1.54, 1.807) is 0 Å². The van der Waals surface area contributed by atoms with E-state index in [-0.39, 0.29) is 0 Å². The summed E-state index contributed by atoms with van der Waals surface area (Å²) >= 11 is 0. The van der Waals surface area contributed by atoms with E-state index in [9.17, 15) is 0 Å². The van der Waals surface area contributed by atoms with Crippen molar-refractivity contribution in [1.82, 2.24) is 14.8 Å². The topological polar surface area (TPSA) is 56.7 Å². The van der Waals surface area contributed by atoms with Crippen molar-refractivity contribution < 1.29 is 0 Å². The normalized spacial score (nSPS) is 14.6. The highest BCUT2D eigenvalue weighted by molar-refractivity contribution is 5.65. The van der Waals surface area contributed by atoms with Crippen molar-refractivity contribution in [3.63, 3.8) is 0 Å². The average molecular weight is 228 g/mol. The van der Waals surface area contributed by atoms with Crippen molar-refractivity contribution in [2.45, 2.75) is 32.4 Å². The van der Waals surface area contributed by atoms with Crippen LogP contribution in [0.2, 0.25) is 0 Å². The van der Waals surface area contributed by atoms with Gasteiger partial charge in [-0.3, -0.25) is 9.67 Å². The van der Waals surface area contributed by atoms with Gasteiger partial charge in [-0.2, -0.15) is 5.10 Å². The lowest BCUT2D eigenvalue weighted by Gasteiger charge is -2.14. The Hall–Kier alpha value is -1.68. The maximum atomic E-state index is 5.80. The van der Waals surface area contributed by atoms with Crippen LogP contribution >= 0.6 is 0 Å². The Bertz CT molecular complexity index is 516. The van der Waals surface area contributed by atoms with Gasteiger partial charge in [-0.15, -0.1) is 0 Å². The first-order valence-electron chi connectivity index (χ1n) is 6.10. The Morgan fingerprint density at radius 1 is 1.29 bits per heavy atom. The van der Waals surface area contributed by atoms with Gasteiger partial charge in [0.25, 0.3) is 0 Å². The molecular formula is C13H16N4. The zero-order valence-corrected chi connectivity index (χ0v) is 9.76. The third kappa shape index (κ3) is 1.74. The van der Waals surface area contributed by atoms with Crippen molar-refractivity contribution in [3.05, 3.63) is 35.8 Å². The van der Waals surface area contributed by atoms with Gasteiger partial charge in [-0.25, -0.2) is 0 Å². The molecule has 0 amide bonds. The smallest absolute Gasteiger partial charge is 0.0857 e. The van der Waals surface area contributed by atoms with Crippen molar-refractivity contribution in [3.8, 4) is 11.3 Å². The molecule has 3 heterocycles. The van der Waals surface area contributed by atoms with E-state index in [2.05, 4.69) is 14.8 Å². The van der Waals surface area contributed by atoms with Gasteiger partial charge in [0.2, 0.25) is 0 Å². The Balaban J connectivity index is 2.17. The molecule has 0 saturated heterocycles. The minimum absolute atomic E-state index is 0.478. The number of pyridine rings is 1. The molecule has 0 aromatic carbocycles. The first-order valence-corrected chi connectivity index (χ1v) is 6.10. The van der Waals surface area contributed by atoms with E-state index >= 15 is 0 Å². The largest absolute Gasteiger partial charge is 0.325 e. The Labute approximate surface area is 100 Å². The molecule has 2 N–H and O–H groups in total. The number of nitrogens with two attached hydrogens (primary N) is 1. The van der Waals surface area contributed by atoms with Gasteiger partial charge < -0.3 is 5.73 Å². The van der Waals surface area contributed by atoms with E-state index in [1.807, 2.05) is 24.4 Å². The van der Waals surface area contributed by atoms with E-state index in [0.29, 0.717) is 6.54 Å². The van der Waals surface area contributed by atoms with Crippen LogP contribution in [0.5, 0.6) is 0 Å². The van der Waals surface area contributed by atoms with Crippen molar-refractivity contribution in [2.24, 2.45) is 5.73 Å². The number of hydrogen-bond donors (Lipinski definition) is 1. The van der Waals surface area contributed by atoms with Crippen LogP contribution in [-0.2, 0) is 19.5 Å². The van der Waals surface area contributed by atoms with Gasteiger partial charge >= 0.3 is 0 Å². The van der Waals surface area contributed by atoms with Gasteiger partial charge in [0.15, 0.2) is 0 Å². The first-order chi connectivity index (χ1) is 8.40. The second kappa shape index (κ2) is 4.30. The minimum Gasteiger partial charge on any atom is -0.325 e. The number of nitrogens with zero attached hydrogens (tertiary/aromatic N) is 3. The summed E-state index contributed by atoms with van der Waals surface area (Å²) in [5, 5.41) is 4.60. The lowest BCUT2D eigenvalue weighted by Crippen LogP contribution is -2.11. The number of aryl methyl sites for hydroxylation is 1. The van der Waals surface area contributed by atoms with E-state index in [4.69, 9.17) is 5.73 Å². The van der Waals surface area contributed by atoms with Crippen molar-refractivity contribution in [2.75, 3.05) is 0 Å². The van der Waals surface area contributed by atoms with Gasteiger partial charge in [-0.1, -0.05) is 6.07 Å². The summed E-state index contributed by atoms with van der Waals surface area (Å²) in [4.78, 5) is 4.43. The molecule has 2 aromatic rings. The molecule has 0 atom stereocenters. The van der Waals surface area contributed by atoms with Crippen LogP contribution in [0.3, 0.4) is 0 Å². The predicted octanol–water partition coefficient (Wildman–Crippen LogP) is 1.74. The standard InChI is InChI=1S/C13H16N4/c14-9-11-13(10-5-1-3-7-15-10)12-6-2-4-8-17(12)16-11/h1,3,5,7H,2,4,6,8-9,14H2. The maximum absolute atomic E-state index is 5.80. The van der Waals surface area contributed by atoms with Crippen LogP contribution in [0, 0.1) is 0 Å². The highest BCUT2D eigenvalue weighted by Gasteiger charge is 2.21. The van der Waals surface area contributed by atoms with Crippen molar-refractivity contribution in [1.29, 1.82) is 0 Å². The molecule has 0 saturated carbocycles. The molecule has 0 radical (unpaired) electrons. The second-order valence-corrected chi connectivity index (χ2v) is 4.37. The fourth-order valence-corrected chi connectivity index (χ4v) is 2.49. The van der Waals surface area contributed by atoms with E-state index < -0.39 is 0 Å². The van der Waals surface area contributed by atoms with Crippen LogP contribution in [0.1, 0.15) is 24.2 Å². The Morgan fingerprint density at radius 3 is 3.00 bits per heavy atom. The first kappa shape index (κ1) is 10.5. The van der Waals surface area contributed by atoms with Crippen LogP contribution in [0.15, 0.2) is 24.4 Å². The summed E-state index contributed by atoms with van der Waals surface area (Å²) in [5.74, 6) is 0. The molecule has 88 valence electrons.